The molecule has 2 heterocycles. The van der Waals surface area contributed by atoms with Crippen molar-refractivity contribution < 1.29 is 4.79 Å². The Morgan fingerprint density at radius 1 is 1.21 bits per heavy atom. The second kappa shape index (κ2) is 10.6. The van der Waals surface area contributed by atoms with E-state index in [-0.39, 0.29) is 5.91 Å². The number of aromatic nitrogens is 2. The van der Waals surface area contributed by atoms with Crippen LogP contribution in [0.25, 0.3) is 0 Å². The average molecular weight is 408 g/mol. The van der Waals surface area contributed by atoms with Gasteiger partial charge in [-0.2, -0.15) is 4.37 Å². The van der Waals surface area contributed by atoms with Crippen LogP contribution in [0.5, 0.6) is 0 Å². The Kier molecular flexibility index (Phi) is 7.88. The number of nitrogens with one attached hydrogen (secondary N) is 2. The first-order chi connectivity index (χ1) is 13.7. The lowest BCUT2D eigenvalue weighted by Crippen LogP contribution is -2.53. The van der Waals surface area contributed by atoms with Gasteiger partial charge < -0.3 is 20.4 Å². The van der Waals surface area contributed by atoms with E-state index >= 15 is 0 Å². The SMILES string of the molecule is CCc1nsc(N2CCN(C(=NC)NCCC(=O)NC3CCCCC3)CC2)n1. The highest BCUT2D eigenvalue weighted by atomic mass is 32.1. The van der Waals surface area contributed by atoms with Crippen LogP contribution in [0.4, 0.5) is 5.13 Å². The predicted molar refractivity (Wildman–Crippen MR) is 114 cm³/mol. The maximum atomic E-state index is 12.2. The Bertz CT molecular complexity index is 648. The van der Waals surface area contributed by atoms with Crippen LogP contribution in [0.15, 0.2) is 4.99 Å². The van der Waals surface area contributed by atoms with E-state index in [1.54, 1.807) is 7.05 Å². The zero-order valence-electron chi connectivity index (χ0n) is 17.1. The Hall–Kier alpha value is -1.90. The molecule has 0 bridgehead atoms. The lowest BCUT2D eigenvalue weighted by atomic mass is 9.95. The third-order valence-corrected chi connectivity index (χ3v) is 6.26. The van der Waals surface area contributed by atoms with Crippen LogP contribution in [-0.2, 0) is 11.2 Å². The first-order valence-electron chi connectivity index (χ1n) is 10.5. The van der Waals surface area contributed by atoms with Crippen molar-refractivity contribution >= 4 is 28.5 Å². The molecule has 28 heavy (non-hydrogen) atoms. The molecule has 1 saturated carbocycles. The summed E-state index contributed by atoms with van der Waals surface area (Å²) in [6.07, 6.45) is 7.38. The summed E-state index contributed by atoms with van der Waals surface area (Å²) in [6, 6.07) is 0.377. The first kappa shape index (κ1) is 20.8. The molecule has 1 aromatic rings. The summed E-state index contributed by atoms with van der Waals surface area (Å²) in [7, 11) is 1.80. The molecule has 1 saturated heterocycles. The highest BCUT2D eigenvalue weighted by Gasteiger charge is 2.22. The minimum atomic E-state index is 0.141. The smallest absolute Gasteiger partial charge is 0.221 e. The van der Waals surface area contributed by atoms with Crippen LogP contribution in [0.1, 0.15) is 51.3 Å². The zero-order valence-corrected chi connectivity index (χ0v) is 17.9. The third kappa shape index (κ3) is 5.80. The lowest BCUT2D eigenvalue weighted by molar-refractivity contribution is -0.121. The van der Waals surface area contributed by atoms with Gasteiger partial charge in [0.15, 0.2) is 5.96 Å². The Morgan fingerprint density at radius 3 is 2.61 bits per heavy atom. The van der Waals surface area contributed by atoms with E-state index in [1.807, 2.05) is 0 Å². The minimum Gasteiger partial charge on any atom is -0.356 e. The highest BCUT2D eigenvalue weighted by molar-refractivity contribution is 7.09. The summed E-state index contributed by atoms with van der Waals surface area (Å²) in [5.41, 5.74) is 0. The van der Waals surface area contributed by atoms with Gasteiger partial charge in [0.2, 0.25) is 11.0 Å². The number of piperazine rings is 1. The molecule has 1 aliphatic heterocycles. The van der Waals surface area contributed by atoms with Gasteiger partial charge in [-0.1, -0.05) is 26.2 Å². The third-order valence-electron chi connectivity index (χ3n) is 5.44. The van der Waals surface area contributed by atoms with Crippen LogP contribution in [0.2, 0.25) is 0 Å². The number of rotatable bonds is 6. The number of carbonyl (C=O) groups is 1. The van der Waals surface area contributed by atoms with Gasteiger partial charge in [-0.25, -0.2) is 4.98 Å². The second-order valence-corrected chi connectivity index (χ2v) is 8.18. The molecule has 2 aliphatic rings. The molecule has 1 aliphatic carbocycles. The van der Waals surface area contributed by atoms with Crippen LogP contribution < -0.4 is 15.5 Å². The zero-order chi connectivity index (χ0) is 19.8. The normalized spacial score (nSPS) is 19.0. The van der Waals surface area contributed by atoms with Gasteiger partial charge >= 0.3 is 0 Å². The summed E-state index contributed by atoms with van der Waals surface area (Å²) in [5, 5.41) is 7.53. The first-order valence-corrected chi connectivity index (χ1v) is 11.3. The molecule has 156 valence electrons. The molecular weight excluding hydrogens is 374 g/mol. The Morgan fingerprint density at radius 2 is 1.96 bits per heavy atom. The van der Waals surface area contributed by atoms with Gasteiger partial charge in [-0.3, -0.25) is 9.79 Å². The van der Waals surface area contributed by atoms with Gasteiger partial charge in [0.1, 0.15) is 5.82 Å². The van der Waals surface area contributed by atoms with E-state index in [0.29, 0.717) is 19.0 Å². The van der Waals surface area contributed by atoms with Crippen molar-refractivity contribution in [2.45, 2.75) is 57.9 Å². The maximum Gasteiger partial charge on any atom is 0.221 e. The molecule has 2 N–H and O–H groups in total. The average Bonchev–Trinajstić information content (AvgIpc) is 3.21. The molecule has 0 unspecified atom stereocenters. The topological polar surface area (TPSA) is 85.8 Å². The fourth-order valence-electron chi connectivity index (χ4n) is 3.79. The molecule has 2 fully saturated rings. The fraction of sp³-hybridized carbons (Fsp3) is 0.789. The van der Waals surface area contributed by atoms with Crippen molar-refractivity contribution in [1.29, 1.82) is 0 Å². The van der Waals surface area contributed by atoms with E-state index in [9.17, 15) is 4.79 Å². The molecule has 8 nitrogen and oxygen atoms in total. The van der Waals surface area contributed by atoms with Gasteiger partial charge in [0, 0.05) is 70.2 Å². The number of guanidine groups is 1. The number of aliphatic imine (C=N–C) groups is 1. The second-order valence-electron chi connectivity index (χ2n) is 7.45. The molecule has 1 amide bonds. The summed E-state index contributed by atoms with van der Waals surface area (Å²) >= 11 is 1.48. The van der Waals surface area contributed by atoms with Gasteiger partial charge in [0.25, 0.3) is 0 Å². The maximum absolute atomic E-state index is 12.2. The largest absolute Gasteiger partial charge is 0.356 e. The highest BCUT2D eigenvalue weighted by Crippen LogP contribution is 2.19. The molecular formula is C19H33N7OS. The van der Waals surface area contributed by atoms with Crippen molar-refractivity contribution in [2.24, 2.45) is 4.99 Å². The number of hydrogen-bond donors (Lipinski definition) is 2. The predicted octanol–water partition coefficient (Wildman–Crippen LogP) is 1.64. The number of anilines is 1. The van der Waals surface area contributed by atoms with E-state index in [2.05, 4.69) is 41.7 Å². The molecule has 0 radical (unpaired) electrons. The summed E-state index contributed by atoms with van der Waals surface area (Å²) in [6.45, 7) is 6.27. The molecule has 1 aromatic heterocycles. The number of aryl methyl sites for hydroxylation is 1. The van der Waals surface area contributed by atoms with Crippen molar-refractivity contribution in [3.05, 3.63) is 5.82 Å². The minimum absolute atomic E-state index is 0.141. The molecule has 0 atom stereocenters. The number of carbonyl (C=O) groups excluding carboxylic acids is 1. The lowest BCUT2D eigenvalue weighted by Gasteiger charge is -2.36. The molecule has 9 heteroatoms. The van der Waals surface area contributed by atoms with Crippen LogP contribution in [-0.4, -0.2) is 71.9 Å². The monoisotopic (exact) mass is 407 g/mol. The fourth-order valence-corrected chi connectivity index (χ4v) is 4.59. The van der Waals surface area contributed by atoms with Gasteiger partial charge in [-0.05, 0) is 12.8 Å². The summed E-state index contributed by atoms with van der Waals surface area (Å²) in [4.78, 5) is 25.7. The van der Waals surface area contributed by atoms with Gasteiger partial charge in [-0.15, -0.1) is 0 Å². The van der Waals surface area contributed by atoms with Crippen LogP contribution in [0.3, 0.4) is 0 Å². The quantitative estimate of drug-likeness (QED) is 0.551. The van der Waals surface area contributed by atoms with E-state index < -0.39 is 0 Å². The number of hydrogen-bond acceptors (Lipinski definition) is 6. The van der Waals surface area contributed by atoms with E-state index in [4.69, 9.17) is 0 Å². The van der Waals surface area contributed by atoms with E-state index in [0.717, 1.165) is 62.4 Å². The molecule has 3 rings (SSSR count). The number of nitrogens with zero attached hydrogens (tertiary/aromatic N) is 5. The van der Waals surface area contributed by atoms with E-state index in [1.165, 1.54) is 30.8 Å². The van der Waals surface area contributed by atoms with Crippen LogP contribution in [0, 0.1) is 0 Å². The molecule has 0 aromatic carbocycles. The Labute approximate surface area is 172 Å². The van der Waals surface area contributed by atoms with Gasteiger partial charge in [0.05, 0.1) is 0 Å². The van der Waals surface area contributed by atoms with Crippen molar-refractivity contribution in [3.8, 4) is 0 Å². The van der Waals surface area contributed by atoms with Crippen molar-refractivity contribution in [3.63, 3.8) is 0 Å². The standard InChI is InChI=1S/C19H33N7OS/c1-3-16-23-19(28-24-16)26-13-11-25(12-14-26)18(20-2)21-10-9-17(27)22-15-7-5-4-6-8-15/h15H,3-14H2,1-2H3,(H,20,21)(H,22,27). The van der Waals surface area contributed by atoms with Crippen molar-refractivity contribution in [2.75, 3.05) is 44.7 Å². The number of amides is 1. The summed E-state index contributed by atoms with van der Waals surface area (Å²) < 4.78 is 4.38. The van der Waals surface area contributed by atoms with Crippen LogP contribution >= 0.6 is 11.5 Å². The summed E-state index contributed by atoms with van der Waals surface area (Å²) in [5.74, 6) is 1.94. The Balaban J connectivity index is 1.37. The van der Waals surface area contributed by atoms with Crippen molar-refractivity contribution in [1.82, 2.24) is 24.9 Å². The molecule has 0 spiro atoms.